The van der Waals surface area contributed by atoms with Crippen LogP contribution in [0, 0.1) is 0 Å². The summed E-state index contributed by atoms with van der Waals surface area (Å²) in [6.45, 7) is 0.448. The van der Waals surface area contributed by atoms with E-state index in [1.165, 1.54) is 0 Å². The molecule has 0 bridgehead atoms. The number of nitrogens with zero attached hydrogens (tertiary/aromatic N) is 4. The Bertz CT molecular complexity index is 1140. The molecule has 4 rings (SSSR count). The summed E-state index contributed by atoms with van der Waals surface area (Å²) < 4.78 is 7.36. The molecule has 0 aliphatic heterocycles. The van der Waals surface area contributed by atoms with Gasteiger partial charge in [0.25, 0.3) is 5.91 Å². The van der Waals surface area contributed by atoms with Gasteiger partial charge >= 0.3 is 0 Å². The Morgan fingerprint density at radius 2 is 2.11 bits per heavy atom. The summed E-state index contributed by atoms with van der Waals surface area (Å²) in [7, 11) is 5.35. The Morgan fingerprint density at radius 1 is 1.25 bits per heavy atom. The first-order chi connectivity index (χ1) is 13.6. The molecule has 0 saturated heterocycles. The minimum Gasteiger partial charge on any atom is -0.494 e. The Kier molecular flexibility index (Phi) is 4.57. The second-order valence-corrected chi connectivity index (χ2v) is 6.66. The maximum Gasteiger partial charge on any atom is 0.271 e. The summed E-state index contributed by atoms with van der Waals surface area (Å²) in [5, 5.41) is 8.11. The van der Waals surface area contributed by atoms with Gasteiger partial charge in [-0.2, -0.15) is 5.10 Å². The largest absolute Gasteiger partial charge is 0.494 e. The smallest absolute Gasteiger partial charge is 0.271 e. The highest BCUT2D eigenvalue weighted by molar-refractivity contribution is 5.94. The SMILES string of the molecule is COc1ccc(CN(C)C(=O)c2cc(-c3cccn3C)n[nH]2)c2cccnc12. The normalized spacial score (nSPS) is 11.0. The molecule has 0 atom stereocenters. The van der Waals surface area contributed by atoms with Crippen molar-refractivity contribution in [1.82, 2.24) is 24.6 Å². The molecule has 1 N–H and O–H groups in total. The maximum absolute atomic E-state index is 12.9. The number of methoxy groups -OCH3 is 1. The first-order valence-corrected chi connectivity index (χ1v) is 8.91. The number of pyridine rings is 1. The summed E-state index contributed by atoms with van der Waals surface area (Å²) in [5.41, 5.74) is 3.93. The summed E-state index contributed by atoms with van der Waals surface area (Å²) >= 11 is 0. The van der Waals surface area contributed by atoms with Gasteiger partial charge in [0.05, 0.1) is 12.8 Å². The van der Waals surface area contributed by atoms with Gasteiger partial charge in [-0.15, -0.1) is 0 Å². The lowest BCUT2D eigenvalue weighted by atomic mass is 10.1. The quantitative estimate of drug-likeness (QED) is 0.581. The Morgan fingerprint density at radius 3 is 2.86 bits per heavy atom. The van der Waals surface area contributed by atoms with Gasteiger partial charge < -0.3 is 14.2 Å². The average Bonchev–Trinajstić information content (AvgIpc) is 3.36. The number of benzene rings is 1. The Labute approximate surface area is 162 Å². The van der Waals surface area contributed by atoms with Crippen LogP contribution in [0.1, 0.15) is 16.1 Å². The third kappa shape index (κ3) is 3.11. The van der Waals surface area contributed by atoms with Crippen LogP contribution in [0.5, 0.6) is 5.75 Å². The monoisotopic (exact) mass is 375 g/mol. The molecule has 7 nitrogen and oxygen atoms in total. The van der Waals surface area contributed by atoms with E-state index in [2.05, 4.69) is 15.2 Å². The van der Waals surface area contributed by atoms with Crippen LogP contribution in [-0.4, -0.2) is 44.7 Å². The van der Waals surface area contributed by atoms with Crippen LogP contribution >= 0.6 is 0 Å². The first-order valence-electron chi connectivity index (χ1n) is 8.91. The molecule has 3 heterocycles. The standard InChI is InChI=1S/C21H21N5O2/c1-25-11-5-7-18(25)16-12-17(24-23-16)21(27)26(2)13-14-8-9-19(28-3)20-15(14)6-4-10-22-20/h4-12H,13H2,1-3H3,(H,23,24). The van der Waals surface area contributed by atoms with Crippen molar-refractivity contribution in [2.45, 2.75) is 6.54 Å². The van der Waals surface area contributed by atoms with Crippen molar-refractivity contribution < 1.29 is 9.53 Å². The first kappa shape index (κ1) is 17.8. The third-order valence-corrected chi connectivity index (χ3v) is 4.81. The number of aromatic nitrogens is 4. The highest BCUT2D eigenvalue weighted by Gasteiger charge is 2.18. The molecule has 0 spiro atoms. The van der Waals surface area contributed by atoms with E-state index in [0.717, 1.165) is 27.9 Å². The third-order valence-electron chi connectivity index (χ3n) is 4.81. The molecule has 1 amide bonds. The molecular formula is C21H21N5O2. The van der Waals surface area contributed by atoms with Crippen LogP contribution in [0.25, 0.3) is 22.3 Å². The number of carbonyl (C=O) groups is 1. The lowest BCUT2D eigenvalue weighted by molar-refractivity contribution is 0.0780. The topological polar surface area (TPSA) is 76.0 Å². The van der Waals surface area contributed by atoms with Gasteiger partial charge in [-0.1, -0.05) is 12.1 Å². The van der Waals surface area contributed by atoms with Crippen LogP contribution in [0.15, 0.2) is 54.9 Å². The number of ether oxygens (including phenoxy) is 1. The summed E-state index contributed by atoms with van der Waals surface area (Å²) in [6, 6.07) is 13.4. The van der Waals surface area contributed by atoms with E-state index < -0.39 is 0 Å². The molecule has 4 aromatic rings. The maximum atomic E-state index is 12.9. The van der Waals surface area contributed by atoms with Gasteiger partial charge in [0, 0.05) is 38.4 Å². The van der Waals surface area contributed by atoms with Crippen molar-refractivity contribution in [3.63, 3.8) is 0 Å². The summed E-state index contributed by atoms with van der Waals surface area (Å²) in [6.07, 6.45) is 3.68. The van der Waals surface area contributed by atoms with Crippen LogP contribution in [0.2, 0.25) is 0 Å². The van der Waals surface area contributed by atoms with Crippen molar-refractivity contribution in [3.8, 4) is 17.1 Å². The molecule has 142 valence electrons. The van der Waals surface area contributed by atoms with Crippen LogP contribution in [-0.2, 0) is 13.6 Å². The fourth-order valence-corrected chi connectivity index (χ4v) is 3.33. The van der Waals surface area contributed by atoms with Gasteiger partial charge in [-0.3, -0.25) is 14.9 Å². The van der Waals surface area contributed by atoms with Gasteiger partial charge in [0.1, 0.15) is 22.7 Å². The number of H-pyrrole nitrogens is 1. The zero-order valence-corrected chi connectivity index (χ0v) is 16.0. The van der Waals surface area contributed by atoms with E-state index in [9.17, 15) is 4.79 Å². The molecular weight excluding hydrogens is 354 g/mol. The lowest BCUT2D eigenvalue weighted by Gasteiger charge is -2.18. The fourth-order valence-electron chi connectivity index (χ4n) is 3.33. The number of amides is 1. The van der Waals surface area contributed by atoms with Gasteiger partial charge in [0.15, 0.2) is 0 Å². The molecule has 1 aromatic carbocycles. The Hall–Kier alpha value is -3.61. The predicted molar refractivity (Wildman–Crippen MR) is 107 cm³/mol. The van der Waals surface area contributed by atoms with E-state index in [4.69, 9.17) is 4.74 Å². The average molecular weight is 375 g/mol. The van der Waals surface area contributed by atoms with Crippen molar-refractivity contribution in [3.05, 3.63) is 66.1 Å². The van der Waals surface area contributed by atoms with Gasteiger partial charge in [-0.25, -0.2) is 0 Å². The second-order valence-electron chi connectivity index (χ2n) is 6.66. The van der Waals surface area contributed by atoms with Crippen molar-refractivity contribution in [2.75, 3.05) is 14.2 Å². The molecule has 7 heteroatoms. The number of rotatable bonds is 5. The number of aromatic amines is 1. The number of nitrogens with one attached hydrogen (secondary N) is 1. The molecule has 0 saturated carbocycles. The zero-order chi connectivity index (χ0) is 19.7. The summed E-state index contributed by atoms with van der Waals surface area (Å²) in [4.78, 5) is 19.0. The number of aryl methyl sites for hydroxylation is 1. The van der Waals surface area contributed by atoms with E-state index in [1.807, 2.05) is 54.2 Å². The number of hydrogen-bond acceptors (Lipinski definition) is 4. The van der Waals surface area contributed by atoms with E-state index >= 15 is 0 Å². The molecule has 3 aromatic heterocycles. The number of carbonyl (C=O) groups excluding carboxylic acids is 1. The van der Waals surface area contributed by atoms with E-state index in [-0.39, 0.29) is 5.91 Å². The summed E-state index contributed by atoms with van der Waals surface area (Å²) in [5.74, 6) is 0.593. The van der Waals surface area contributed by atoms with Gasteiger partial charge in [0.2, 0.25) is 0 Å². The van der Waals surface area contributed by atoms with Crippen LogP contribution in [0.3, 0.4) is 0 Å². The highest BCUT2D eigenvalue weighted by atomic mass is 16.5. The highest BCUT2D eigenvalue weighted by Crippen LogP contribution is 2.27. The van der Waals surface area contributed by atoms with Crippen LogP contribution < -0.4 is 4.74 Å². The minimum absolute atomic E-state index is 0.124. The zero-order valence-electron chi connectivity index (χ0n) is 16.0. The lowest BCUT2D eigenvalue weighted by Crippen LogP contribution is -2.26. The predicted octanol–water partition coefficient (Wildman–Crippen LogP) is 3.24. The van der Waals surface area contributed by atoms with Crippen molar-refractivity contribution in [2.24, 2.45) is 7.05 Å². The molecule has 0 unspecified atom stereocenters. The molecule has 28 heavy (non-hydrogen) atoms. The molecule has 0 aliphatic rings. The van der Waals surface area contributed by atoms with Crippen LogP contribution in [0.4, 0.5) is 0 Å². The number of fused-ring (bicyclic) bond motifs is 1. The minimum atomic E-state index is -0.124. The van der Waals surface area contributed by atoms with Gasteiger partial charge in [-0.05, 0) is 35.9 Å². The van der Waals surface area contributed by atoms with Crippen molar-refractivity contribution in [1.29, 1.82) is 0 Å². The molecule has 0 fully saturated rings. The molecule has 0 aliphatic carbocycles. The Balaban J connectivity index is 1.58. The van der Waals surface area contributed by atoms with E-state index in [0.29, 0.717) is 18.0 Å². The second kappa shape index (κ2) is 7.19. The number of hydrogen-bond donors (Lipinski definition) is 1. The fraction of sp³-hybridized carbons (Fsp3) is 0.190. The van der Waals surface area contributed by atoms with E-state index in [1.54, 1.807) is 31.3 Å². The van der Waals surface area contributed by atoms with Crippen molar-refractivity contribution >= 4 is 16.8 Å². The molecule has 0 radical (unpaired) electrons.